The summed E-state index contributed by atoms with van der Waals surface area (Å²) >= 11 is 0. The Bertz CT molecular complexity index is 320. The maximum Gasteiger partial charge on any atom is 0.407 e. The van der Waals surface area contributed by atoms with Gasteiger partial charge in [-0.1, -0.05) is 71.6 Å². The number of ether oxygens (including phenoxy) is 2. The number of esters is 1. The van der Waals surface area contributed by atoms with Crippen LogP contribution in [-0.4, -0.2) is 31.3 Å². The van der Waals surface area contributed by atoms with Gasteiger partial charge in [-0.3, -0.25) is 0 Å². The van der Waals surface area contributed by atoms with Gasteiger partial charge >= 0.3 is 12.1 Å². The van der Waals surface area contributed by atoms with E-state index in [1.54, 1.807) is 6.92 Å². The molecule has 0 spiro atoms. The molecule has 5 heteroatoms. The first-order valence-electron chi connectivity index (χ1n) is 9.71. The summed E-state index contributed by atoms with van der Waals surface area (Å²) in [4.78, 5) is 23.1. The maximum atomic E-state index is 11.7. The number of hydrogen-bond acceptors (Lipinski definition) is 4. The van der Waals surface area contributed by atoms with E-state index >= 15 is 0 Å². The van der Waals surface area contributed by atoms with Crippen LogP contribution in [0, 0.1) is 0 Å². The molecule has 0 rings (SSSR count). The van der Waals surface area contributed by atoms with Gasteiger partial charge in [-0.25, -0.2) is 9.59 Å². The van der Waals surface area contributed by atoms with Crippen molar-refractivity contribution in [2.45, 2.75) is 97.4 Å². The van der Waals surface area contributed by atoms with Crippen LogP contribution >= 0.6 is 0 Å². The quantitative estimate of drug-likeness (QED) is 0.336. The second-order valence-electron chi connectivity index (χ2n) is 6.35. The average Bonchev–Trinajstić information content (AvgIpc) is 2.57. The van der Waals surface area contributed by atoms with Crippen molar-refractivity contribution in [2.24, 2.45) is 0 Å². The Morgan fingerprint density at radius 3 is 1.83 bits per heavy atom. The molecule has 1 atom stereocenters. The third-order valence-electron chi connectivity index (χ3n) is 3.87. The van der Waals surface area contributed by atoms with Gasteiger partial charge in [-0.2, -0.15) is 0 Å². The van der Waals surface area contributed by atoms with E-state index < -0.39 is 18.1 Å². The fraction of sp³-hybridized carbons (Fsp3) is 0.895. The Balaban J connectivity index is 3.43. The highest BCUT2D eigenvalue weighted by atomic mass is 16.6. The van der Waals surface area contributed by atoms with Gasteiger partial charge in [-0.05, 0) is 19.8 Å². The third kappa shape index (κ3) is 14.3. The molecule has 0 aromatic heterocycles. The molecule has 0 saturated heterocycles. The molecule has 0 aromatic carbocycles. The Kier molecular flexibility index (Phi) is 15.7. The maximum absolute atomic E-state index is 11.7. The molecule has 0 aliphatic carbocycles. The monoisotopic (exact) mass is 343 g/mol. The minimum absolute atomic E-state index is 0.353. The standard InChI is InChI=1S/C19H37NO4/c1-4-6-7-8-9-10-11-12-13-14-16-23-18(21)17(3)20-19(22)24-15-5-2/h17H,4-16H2,1-3H3,(H,20,22)/t17-/m0/s1. The number of nitrogens with one attached hydrogen (secondary N) is 1. The average molecular weight is 344 g/mol. The van der Waals surface area contributed by atoms with Crippen molar-refractivity contribution < 1.29 is 19.1 Å². The molecular weight excluding hydrogens is 306 g/mol. The largest absolute Gasteiger partial charge is 0.464 e. The van der Waals surface area contributed by atoms with Crippen molar-refractivity contribution in [3.8, 4) is 0 Å². The second-order valence-corrected chi connectivity index (χ2v) is 6.35. The Hall–Kier alpha value is -1.26. The summed E-state index contributed by atoms with van der Waals surface area (Å²) in [6.45, 7) is 6.53. The summed E-state index contributed by atoms with van der Waals surface area (Å²) < 4.78 is 10.0. The van der Waals surface area contributed by atoms with E-state index in [1.165, 1.54) is 51.4 Å². The molecule has 0 aromatic rings. The Labute approximate surface area is 147 Å². The number of unbranched alkanes of at least 4 members (excludes halogenated alkanes) is 9. The Morgan fingerprint density at radius 1 is 0.750 bits per heavy atom. The number of alkyl carbamates (subject to hydrolysis) is 1. The molecule has 0 radical (unpaired) electrons. The van der Waals surface area contributed by atoms with Gasteiger partial charge in [0.25, 0.3) is 0 Å². The summed E-state index contributed by atoms with van der Waals surface area (Å²) in [5.41, 5.74) is 0. The number of amides is 1. The van der Waals surface area contributed by atoms with Crippen LogP contribution in [0.25, 0.3) is 0 Å². The summed E-state index contributed by atoms with van der Waals surface area (Å²) in [7, 11) is 0. The Morgan fingerprint density at radius 2 is 1.29 bits per heavy atom. The normalized spacial score (nSPS) is 11.8. The zero-order valence-corrected chi connectivity index (χ0v) is 15.9. The molecule has 0 unspecified atom stereocenters. The van der Waals surface area contributed by atoms with E-state index in [4.69, 9.17) is 9.47 Å². The first-order chi connectivity index (χ1) is 11.6. The summed E-state index contributed by atoms with van der Waals surface area (Å²) in [5.74, 6) is -0.403. The molecule has 142 valence electrons. The predicted octanol–water partition coefficient (Wildman–Crippen LogP) is 4.98. The van der Waals surface area contributed by atoms with Crippen LogP contribution in [0.1, 0.15) is 91.4 Å². The lowest BCUT2D eigenvalue weighted by molar-refractivity contribution is -0.145. The number of carbonyl (C=O) groups is 2. The number of rotatable bonds is 15. The second kappa shape index (κ2) is 16.6. The zero-order valence-electron chi connectivity index (χ0n) is 15.9. The van der Waals surface area contributed by atoms with Gasteiger partial charge in [0.15, 0.2) is 0 Å². The lowest BCUT2D eigenvalue weighted by atomic mass is 10.1. The number of hydrogen-bond donors (Lipinski definition) is 1. The molecule has 0 heterocycles. The van der Waals surface area contributed by atoms with Crippen LogP contribution in [0.2, 0.25) is 0 Å². The summed E-state index contributed by atoms with van der Waals surface area (Å²) in [6, 6.07) is -0.669. The van der Waals surface area contributed by atoms with Crippen molar-refractivity contribution in [1.82, 2.24) is 5.32 Å². The predicted molar refractivity (Wildman–Crippen MR) is 97.0 cm³/mol. The van der Waals surface area contributed by atoms with Gasteiger partial charge in [0.2, 0.25) is 0 Å². The fourth-order valence-corrected chi connectivity index (χ4v) is 2.36. The first-order valence-corrected chi connectivity index (χ1v) is 9.71. The van der Waals surface area contributed by atoms with Crippen molar-refractivity contribution in [2.75, 3.05) is 13.2 Å². The first kappa shape index (κ1) is 22.7. The zero-order chi connectivity index (χ0) is 18.0. The lowest BCUT2D eigenvalue weighted by Crippen LogP contribution is -2.40. The van der Waals surface area contributed by atoms with Gasteiger partial charge in [-0.15, -0.1) is 0 Å². The van der Waals surface area contributed by atoms with E-state index in [0.717, 1.165) is 19.3 Å². The molecule has 5 nitrogen and oxygen atoms in total. The van der Waals surface area contributed by atoms with Gasteiger partial charge < -0.3 is 14.8 Å². The lowest BCUT2D eigenvalue weighted by Gasteiger charge is -2.13. The number of carbonyl (C=O) groups excluding carboxylic acids is 2. The topological polar surface area (TPSA) is 64.6 Å². The third-order valence-corrected chi connectivity index (χ3v) is 3.87. The summed E-state index contributed by atoms with van der Waals surface area (Å²) in [5, 5.41) is 2.47. The van der Waals surface area contributed by atoms with Crippen LogP contribution in [0.5, 0.6) is 0 Å². The summed E-state index contributed by atoms with van der Waals surface area (Å²) in [6.07, 6.45) is 12.6. The van der Waals surface area contributed by atoms with Gasteiger partial charge in [0.1, 0.15) is 6.04 Å². The molecule has 0 fully saturated rings. The highest BCUT2D eigenvalue weighted by molar-refractivity contribution is 5.80. The van der Waals surface area contributed by atoms with Gasteiger partial charge in [0, 0.05) is 0 Å². The highest BCUT2D eigenvalue weighted by Gasteiger charge is 2.17. The SMILES string of the molecule is CCCCCCCCCCCCOC(=O)[C@H](C)NC(=O)OCCC. The van der Waals surface area contributed by atoms with Crippen LogP contribution in [0.4, 0.5) is 4.79 Å². The molecule has 0 aliphatic heterocycles. The van der Waals surface area contributed by atoms with Crippen LogP contribution in [0.15, 0.2) is 0 Å². The molecular formula is C19H37NO4. The van der Waals surface area contributed by atoms with Crippen LogP contribution < -0.4 is 5.32 Å². The molecule has 0 aliphatic rings. The minimum atomic E-state index is -0.669. The molecule has 24 heavy (non-hydrogen) atoms. The van der Waals surface area contributed by atoms with E-state index in [2.05, 4.69) is 12.2 Å². The minimum Gasteiger partial charge on any atom is -0.464 e. The van der Waals surface area contributed by atoms with E-state index in [-0.39, 0.29) is 0 Å². The van der Waals surface area contributed by atoms with E-state index in [9.17, 15) is 9.59 Å². The van der Waals surface area contributed by atoms with Crippen molar-refractivity contribution >= 4 is 12.1 Å². The van der Waals surface area contributed by atoms with E-state index in [1.807, 2.05) is 6.92 Å². The van der Waals surface area contributed by atoms with Crippen molar-refractivity contribution in [3.63, 3.8) is 0 Å². The smallest absolute Gasteiger partial charge is 0.407 e. The molecule has 1 N–H and O–H groups in total. The molecule has 0 bridgehead atoms. The van der Waals surface area contributed by atoms with Gasteiger partial charge in [0.05, 0.1) is 13.2 Å². The van der Waals surface area contributed by atoms with Crippen LogP contribution in [-0.2, 0) is 14.3 Å². The van der Waals surface area contributed by atoms with Crippen molar-refractivity contribution in [1.29, 1.82) is 0 Å². The van der Waals surface area contributed by atoms with Crippen LogP contribution in [0.3, 0.4) is 0 Å². The molecule has 1 amide bonds. The van der Waals surface area contributed by atoms with E-state index in [0.29, 0.717) is 13.2 Å². The fourth-order valence-electron chi connectivity index (χ4n) is 2.36. The highest BCUT2D eigenvalue weighted by Crippen LogP contribution is 2.10. The molecule has 0 saturated carbocycles. The van der Waals surface area contributed by atoms with Crippen molar-refractivity contribution in [3.05, 3.63) is 0 Å².